The lowest BCUT2D eigenvalue weighted by molar-refractivity contribution is 0.215. The Morgan fingerprint density at radius 1 is 1.38 bits per heavy atom. The van der Waals surface area contributed by atoms with Crippen molar-refractivity contribution in [3.05, 3.63) is 35.4 Å². The molecule has 2 N–H and O–H groups in total. The minimum Gasteiger partial charge on any atom is -0.329 e. The predicted molar refractivity (Wildman–Crippen MR) is 71.8 cm³/mol. The molecule has 1 aromatic carbocycles. The second-order valence-electron chi connectivity index (χ2n) is 4.42. The third-order valence-corrected chi connectivity index (χ3v) is 4.22. The van der Waals surface area contributed by atoms with Gasteiger partial charge in [0.05, 0.1) is 0 Å². The molecule has 1 aliphatic heterocycles. The van der Waals surface area contributed by atoms with Gasteiger partial charge in [0.15, 0.2) is 0 Å². The summed E-state index contributed by atoms with van der Waals surface area (Å²) in [6.07, 6.45) is 0. The van der Waals surface area contributed by atoms with Crippen LogP contribution in [0.5, 0.6) is 0 Å². The molecule has 16 heavy (non-hydrogen) atoms. The Labute approximate surface area is 102 Å². The van der Waals surface area contributed by atoms with Crippen LogP contribution in [0.4, 0.5) is 0 Å². The van der Waals surface area contributed by atoms with Gasteiger partial charge in [0, 0.05) is 37.2 Å². The number of hydrogen-bond donors (Lipinski definition) is 1. The van der Waals surface area contributed by atoms with Gasteiger partial charge in [-0.15, -0.1) is 0 Å². The fourth-order valence-corrected chi connectivity index (χ4v) is 3.19. The van der Waals surface area contributed by atoms with Crippen molar-refractivity contribution in [2.75, 3.05) is 24.6 Å². The van der Waals surface area contributed by atoms with Gasteiger partial charge in [-0.05, 0) is 12.5 Å². The topological polar surface area (TPSA) is 29.3 Å². The van der Waals surface area contributed by atoms with Gasteiger partial charge in [0.1, 0.15) is 0 Å². The van der Waals surface area contributed by atoms with E-state index in [0.717, 1.165) is 13.1 Å². The van der Waals surface area contributed by atoms with Crippen LogP contribution in [0, 0.1) is 6.92 Å². The molecular formula is C13H20N2S. The van der Waals surface area contributed by atoms with Crippen molar-refractivity contribution in [1.82, 2.24) is 4.90 Å². The third-order valence-electron chi connectivity index (χ3n) is 3.13. The van der Waals surface area contributed by atoms with Crippen molar-refractivity contribution in [2.45, 2.75) is 19.5 Å². The third kappa shape index (κ3) is 3.00. The summed E-state index contributed by atoms with van der Waals surface area (Å²) in [5.41, 5.74) is 8.54. The van der Waals surface area contributed by atoms with Gasteiger partial charge in [-0.25, -0.2) is 0 Å². The maximum absolute atomic E-state index is 5.82. The van der Waals surface area contributed by atoms with Gasteiger partial charge in [-0.2, -0.15) is 11.8 Å². The van der Waals surface area contributed by atoms with E-state index in [9.17, 15) is 0 Å². The Morgan fingerprint density at radius 2 is 2.12 bits per heavy atom. The smallest absolute Gasteiger partial charge is 0.0312 e. The van der Waals surface area contributed by atoms with E-state index in [1.165, 1.54) is 29.2 Å². The lowest BCUT2D eigenvalue weighted by atomic mass is 10.1. The average molecular weight is 236 g/mol. The normalized spacial score (nSPS) is 22.2. The summed E-state index contributed by atoms with van der Waals surface area (Å²) in [7, 11) is 0. The molecule has 1 saturated heterocycles. The molecule has 2 rings (SSSR count). The molecule has 1 unspecified atom stereocenters. The summed E-state index contributed by atoms with van der Waals surface area (Å²) in [5.74, 6) is 2.42. The molecule has 0 bridgehead atoms. The second-order valence-corrected chi connectivity index (χ2v) is 5.57. The lowest BCUT2D eigenvalue weighted by Gasteiger charge is -2.34. The van der Waals surface area contributed by atoms with E-state index >= 15 is 0 Å². The zero-order valence-corrected chi connectivity index (χ0v) is 10.7. The largest absolute Gasteiger partial charge is 0.329 e. The Morgan fingerprint density at radius 3 is 2.81 bits per heavy atom. The first-order valence-corrected chi connectivity index (χ1v) is 7.02. The van der Waals surface area contributed by atoms with Crippen molar-refractivity contribution in [1.29, 1.82) is 0 Å². The maximum atomic E-state index is 5.82. The molecule has 0 spiro atoms. The summed E-state index contributed by atoms with van der Waals surface area (Å²) in [6, 6.07) is 9.38. The van der Waals surface area contributed by atoms with E-state index in [2.05, 4.69) is 36.1 Å². The SMILES string of the molecule is Cc1ccc(CN2CCSCC2CN)cc1. The van der Waals surface area contributed by atoms with Crippen LogP contribution in [0.15, 0.2) is 24.3 Å². The Bertz CT molecular complexity index is 323. The number of nitrogens with zero attached hydrogens (tertiary/aromatic N) is 1. The van der Waals surface area contributed by atoms with Crippen LogP contribution in [0.1, 0.15) is 11.1 Å². The molecule has 1 aromatic rings. The summed E-state index contributed by atoms with van der Waals surface area (Å²) in [4.78, 5) is 2.52. The molecule has 0 aromatic heterocycles. The van der Waals surface area contributed by atoms with Crippen LogP contribution >= 0.6 is 11.8 Å². The number of hydrogen-bond acceptors (Lipinski definition) is 3. The molecule has 1 aliphatic rings. The average Bonchev–Trinajstić information content (AvgIpc) is 2.33. The van der Waals surface area contributed by atoms with Crippen molar-refractivity contribution in [3.63, 3.8) is 0 Å². The fourth-order valence-electron chi connectivity index (χ4n) is 2.04. The van der Waals surface area contributed by atoms with E-state index < -0.39 is 0 Å². The molecule has 1 heterocycles. The van der Waals surface area contributed by atoms with Gasteiger partial charge in [0.25, 0.3) is 0 Å². The first-order chi connectivity index (χ1) is 7.79. The molecule has 88 valence electrons. The zero-order valence-electron chi connectivity index (χ0n) is 9.86. The highest BCUT2D eigenvalue weighted by molar-refractivity contribution is 7.99. The number of nitrogens with two attached hydrogens (primary N) is 1. The number of thioether (sulfide) groups is 1. The summed E-state index contributed by atoms with van der Waals surface area (Å²) >= 11 is 2.02. The van der Waals surface area contributed by atoms with Crippen molar-refractivity contribution < 1.29 is 0 Å². The first kappa shape index (κ1) is 12.0. The van der Waals surface area contributed by atoms with E-state index in [0.29, 0.717) is 6.04 Å². The van der Waals surface area contributed by atoms with Crippen LogP contribution in [-0.4, -0.2) is 35.5 Å². The molecule has 0 aliphatic carbocycles. The Kier molecular flexibility index (Phi) is 4.27. The number of rotatable bonds is 3. The van der Waals surface area contributed by atoms with Gasteiger partial charge < -0.3 is 5.73 Å². The molecule has 0 saturated carbocycles. The molecule has 2 nitrogen and oxygen atoms in total. The standard InChI is InChI=1S/C13H20N2S/c1-11-2-4-12(5-3-11)9-15-6-7-16-10-13(15)8-14/h2-5,13H,6-10,14H2,1H3. The second kappa shape index (κ2) is 5.71. The van der Waals surface area contributed by atoms with E-state index in [1.54, 1.807) is 0 Å². The lowest BCUT2D eigenvalue weighted by Crippen LogP contribution is -2.46. The summed E-state index contributed by atoms with van der Waals surface area (Å²) in [6.45, 7) is 5.12. The monoisotopic (exact) mass is 236 g/mol. The molecular weight excluding hydrogens is 216 g/mol. The number of benzene rings is 1. The quantitative estimate of drug-likeness (QED) is 0.869. The molecule has 3 heteroatoms. The fraction of sp³-hybridized carbons (Fsp3) is 0.538. The number of aryl methyl sites for hydroxylation is 1. The molecule has 1 atom stereocenters. The maximum Gasteiger partial charge on any atom is 0.0312 e. The highest BCUT2D eigenvalue weighted by Gasteiger charge is 2.21. The van der Waals surface area contributed by atoms with Crippen LogP contribution in [-0.2, 0) is 6.54 Å². The highest BCUT2D eigenvalue weighted by atomic mass is 32.2. The molecule has 0 amide bonds. The Balaban J connectivity index is 1.99. The van der Waals surface area contributed by atoms with Gasteiger partial charge >= 0.3 is 0 Å². The minimum absolute atomic E-state index is 0.556. The molecule has 0 radical (unpaired) electrons. The highest BCUT2D eigenvalue weighted by Crippen LogP contribution is 2.18. The van der Waals surface area contributed by atoms with E-state index in [4.69, 9.17) is 5.73 Å². The minimum atomic E-state index is 0.556. The van der Waals surface area contributed by atoms with Gasteiger partial charge in [0.2, 0.25) is 0 Å². The van der Waals surface area contributed by atoms with Gasteiger partial charge in [-0.3, -0.25) is 4.90 Å². The van der Waals surface area contributed by atoms with Crippen LogP contribution in [0.3, 0.4) is 0 Å². The van der Waals surface area contributed by atoms with Crippen LogP contribution in [0.2, 0.25) is 0 Å². The van der Waals surface area contributed by atoms with E-state index in [-0.39, 0.29) is 0 Å². The first-order valence-electron chi connectivity index (χ1n) is 5.87. The van der Waals surface area contributed by atoms with Crippen LogP contribution < -0.4 is 5.73 Å². The van der Waals surface area contributed by atoms with E-state index in [1.807, 2.05) is 11.8 Å². The van der Waals surface area contributed by atoms with Crippen molar-refractivity contribution in [3.8, 4) is 0 Å². The van der Waals surface area contributed by atoms with Crippen LogP contribution in [0.25, 0.3) is 0 Å². The summed E-state index contributed by atoms with van der Waals surface area (Å²) < 4.78 is 0. The van der Waals surface area contributed by atoms with Crippen molar-refractivity contribution >= 4 is 11.8 Å². The van der Waals surface area contributed by atoms with Gasteiger partial charge in [-0.1, -0.05) is 29.8 Å². The van der Waals surface area contributed by atoms with Crippen molar-refractivity contribution in [2.24, 2.45) is 5.73 Å². The Hall–Kier alpha value is -0.510. The molecule has 1 fully saturated rings. The predicted octanol–water partition coefficient (Wildman–Crippen LogP) is 1.87. The summed E-state index contributed by atoms with van der Waals surface area (Å²) in [5, 5.41) is 0. The zero-order chi connectivity index (χ0) is 11.4.